The smallest absolute Gasteiger partial charge is 0.377 e. The monoisotopic (exact) mass is 887 g/mol. The number of amides is 4. The molecule has 3 saturated heterocycles. The number of nitrogens with one attached hydrogen (secondary N) is 2. The maximum absolute atomic E-state index is 13.8. The van der Waals surface area contributed by atoms with Gasteiger partial charge in [-0.25, -0.2) is 0 Å². The number of carbonyl (C=O) groups is 4. The highest BCUT2D eigenvalue weighted by Crippen LogP contribution is 2.43. The number of piperazine rings is 1. The van der Waals surface area contributed by atoms with Gasteiger partial charge in [0.2, 0.25) is 23.6 Å². The second kappa shape index (κ2) is 18.2. The van der Waals surface area contributed by atoms with Gasteiger partial charge in [0, 0.05) is 62.3 Å². The zero-order chi connectivity index (χ0) is 43.3. The number of para-hydroxylation sites is 1. The van der Waals surface area contributed by atoms with Crippen molar-refractivity contribution in [1.82, 2.24) is 29.8 Å². The second-order valence-electron chi connectivity index (χ2n) is 17.0. The number of rotatable bonds is 10. The Morgan fingerprint density at radius 3 is 2.39 bits per heavy atom. The van der Waals surface area contributed by atoms with E-state index in [1.165, 1.54) is 11.0 Å². The van der Waals surface area contributed by atoms with E-state index in [0.29, 0.717) is 29.9 Å². The van der Waals surface area contributed by atoms with Crippen LogP contribution in [0, 0.1) is 11.3 Å². The topological polar surface area (TPSA) is 156 Å². The molecule has 61 heavy (non-hydrogen) atoms. The van der Waals surface area contributed by atoms with Crippen molar-refractivity contribution in [3.05, 3.63) is 53.2 Å². The number of aryl methyl sites for hydroxylation is 1. The third-order valence-electron chi connectivity index (χ3n) is 12.6. The Kier molecular flexibility index (Phi) is 13.8. The van der Waals surface area contributed by atoms with Gasteiger partial charge < -0.3 is 10.1 Å². The van der Waals surface area contributed by atoms with Gasteiger partial charge in [-0.3, -0.25) is 48.8 Å². The summed E-state index contributed by atoms with van der Waals surface area (Å²) in [4.78, 5) is 59.3. The lowest BCUT2D eigenvalue weighted by Crippen LogP contribution is -2.58. The minimum Gasteiger partial charge on any atom is -0.377 e. The number of fused-ring (bicyclic) bond motifs is 1. The van der Waals surface area contributed by atoms with Crippen LogP contribution >= 0.6 is 25.0 Å². The van der Waals surface area contributed by atoms with Crippen molar-refractivity contribution < 1.29 is 37.1 Å². The summed E-state index contributed by atoms with van der Waals surface area (Å²) in [6.45, 7) is 10.8. The average Bonchev–Trinajstić information content (AvgIpc) is 3.61. The van der Waals surface area contributed by atoms with Crippen molar-refractivity contribution in [1.29, 1.82) is 5.26 Å². The summed E-state index contributed by atoms with van der Waals surface area (Å²) in [5.74, 6) is -1.70. The number of anilines is 2. The van der Waals surface area contributed by atoms with Gasteiger partial charge in [0.25, 0.3) is 0 Å². The van der Waals surface area contributed by atoms with Crippen molar-refractivity contribution in [2.24, 2.45) is 7.05 Å². The summed E-state index contributed by atoms with van der Waals surface area (Å²) in [6.07, 6.45) is -1.08. The van der Waals surface area contributed by atoms with Gasteiger partial charge in [0.05, 0.1) is 64.8 Å². The van der Waals surface area contributed by atoms with E-state index in [9.17, 15) is 37.6 Å². The number of imide groups is 1. The highest BCUT2D eigenvalue weighted by atomic mass is 35.5. The molecule has 0 bridgehead atoms. The molecule has 4 atom stereocenters. The van der Waals surface area contributed by atoms with Gasteiger partial charge >= 0.3 is 6.18 Å². The Hall–Kier alpha value is -4.25. The molecule has 7 rings (SSSR count). The Bertz CT molecular complexity index is 2200. The van der Waals surface area contributed by atoms with Crippen LogP contribution in [-0.4, -0.2) is 116 Å². The van der Waals surface area contributed by atoms with E-state index in [-0.39, 0.29) is 78.9 Å². The Labute approximate surface area is 364 Å². The third-order valence-corrected chi connectivity index (χ3v) is 13.1. The molecule has 3 aliphatic heterocycles. The van der Waals surface area contributed by atoms with Crippen LogP contribution in [0.5, 0.6) is 0 Å². The molecule has 0 spiro atoms. The number of carbonyl (C=O) groups excluding carboxylic acids is 4. The summed E-state index contributed by atoms with van der Waals surface area (Å²) < 4.78 is 49.4. The molecule has 0 radical (unpaired) electrons. The van der Waals surface area contributed by atoms with E-state index >= 15 is 0 Å². The lowest BCUT2D eigenvalue weighted by atomic mass is 9.89. The lowest BCUT2D eigenvalue weighted by molar-refractivity contribution is -0.138. The summed E-state index contributed by atoms with van der Waals surface area (Å²) in [7, 11) is 1.78. The molecule has 2 N–H and O–H groups in total. The predicted molar refractivity (Wildman–Crippen MR) is 228 cm³/mol. The van der Waals surface area contributed by atoms with E-state index in [1.807, 2.05) is 23.1 Å². The highest BCUT2D eigenvalue weighted by Gasteiger charge is 2.54. The fourth-order valence-corrected chi connectivity index (χ4v) is 10.4. The number of hydrogen-bond acceptors (Lipinski definition) is 11. The van der Waals surface area contributed by atoms with Crippen LogP contribution in [0.2, 0.25) is 0 Å². The Morgan fingerprint density at radius 1 is 1.07 bits per heavy atom. The van der Waals surface area contributed by atoms with E-state index in [4.69, 9.17) is 17.4 Å². The van der Waals surface area contributed by atoms with Crippen molar-refractivity contribution >= 4 is 70.9 Å². The zero-order valence-electron chi connectivity index (χ0n) is 34.9. The summed E-state index contributed by atoms with van der Waals surface area (Å²) in [5, 5.41) is 20.1. The number of piperidine rings is 1. The molecule has 4 aliphatic rings. The average molecular weight is 888 g/mol. The van der Waals surface area contributed by atoms with Crippen LogP contribution in [-0.2, 0) is 37.1 Å². The van der Waals surface area contributed by atoms with Crippen molar-refractivity contribution in [2.45, 2.75) is 114 Å². The summed E-state index contributed by atoms with van der Waals surface area (Å²) in [6, 6.07) is 10.6. The SMILES string of the molecule is C[C@@H]1CN(CCOC2CCC(N3C(S)N(c4ccc(C#N)c(C(F)(F)F)c4)C(=O)C3(C)C)CC2)C[C@H](C)N1CC(=O)Nc1cccc2c(C3CCC(=O)NC3=O)nn(C)c12.Cl. The molecule has 4 heterocycles. The van der Waals surface area contributed by atoms with E-state index in [0.717, 1.165) is 62.8 Å². The minimum absolute atomic E-state index is 0. The van der Waals surface area contributed by atoms with Crippen molar-refractivity contribution in [2.75, 3.05) is 43.0 Å². The standard InChI is InChI=1S/C42H52F3N9O5S.ClH/c1-24-21-51(22-25(2)52(24)23-35(56)47-33-8-6-7-30-36(49-50(5)37(30)33)31-15-16-34(55)48-38(31)57)17-18-59-29-13-11-27(12-14-29)54-40(60)53(39(58)41(54,3)4)28-10-9-26(20-46)32(19-28)42(43,44)45;/h6-10,19,24-25,27,29,31,40,60H,11-18,21-23H2,1-5H3,(H,47,56)(H,48,55,57);1H/t24-,25+,27?,29?,31?,40?;. The van der Waals surface area contributed by atoms with Gasteiger partial charge in [-0.1, -0.05) is 12.1 Å². The number of aromatic nitrogens is 2. The molecular weight excluding hydrogens is 835 g/mol. The number of nitrogens with zero attached hydrogens (tertiary/aromatic N) is 7. The Morgan fingerprint density at radius 2 is 1.75 bits per heavy atom. The normalized spacial score (nSPS) is 26.6. The molecule has 14 nitrogen and oxygen atoms in total. The molecule has 3 aromatic rings. The largest absolute Gasteiger partial charge is 0.417 e. The first-order valence-electron chi connectivity index (χ1n) is 20.5. The molecule has 1 saturated carbocycles. The first kappa shape index (κ1) is 46.3. The van der Waals surface area contributed by atoms with E-state index < -0.39 is 34.3 Å². The zero-order valence-corrected chi connectivity index (χ0v) is 36.6. The van der Waals surface area contributed by atoms with Crippen molar-refractivity contribution in [3.8, 4) is 6.07 Å². The first-order chi connectivity index (χ1) is 28.4. The van der Waals surface area contributed by atoms with Crippen LogP contribution in [0.25, 0.3) is 10.9 Å². The molecule has 2 aromatic carbocycles. The molecule has 4 fully saturated rings. The second-order valence-corrected chi connectivity index (χ2v) is 17.5. The molecule has 2 unspecified atom stereocenters. The lowest BCUT2D eigenvalue weighted by Gasteiger charge is -2.44. The number of halogens is 4. The molecule has 19 heteroatoms. The van der Waals surface area contributed by atoms with Gasteiger partial charge in [-0.2, -0.15) is 23.5 Å². The summed E-state index contributed by atoms with van der Waals surface area (Å²) in [5.41, 5.74) is -1.43. The van der Waals surface area contributed by atoms with E-state index in [1.54, 1.807) is 31.6 Å². The number of hydrogen-bond donors (Lipinski definition) is 3. The van der Waals surface area contributed by atoms with Gasteiger partial charge in [-0.05, 0) is 84.1 Å². The van der Waals surface area contributed by atoms with Crippen LogP contribution in [0.15, 0.2) is 36.4 Å². The Balaban J connectivity index is 0.00000622. The molecule has 330 valence electrons. The maximum atomic E-state index is 13.8. The maximum Gasteiger partial charge on any atom is 0.417 e. The van der Waals surface area contributed by atoms with Crippen LogP contribution < -0.4 is 15.5 Å². The van der Waals surface area contributed by atoms with Crippen LogP contribution in [0.4, 0.5) is 24.5 Å². The predicted octanol–water partition coefficient (Wildman–Crippen LogP) is 5.41. The number of nitriles is 1. The number of ether oxygens (including phenoxy) is 1. The van der Waals surface area contributed by atoms with Gasteiger partial charge in [0.15, 0.2) is 0 Å². The molecule has 1 aliphatic carbocycles. The number of alkyl halides is 3. The van der Waals surface area contributed by atoms with Gasteiger partial charge in [-0.15, -0.1) is 25.0 Å². The van der Waals surface area contributed by atoms with Crippen molar-refractivity contribution in [3.63, 3.8) is 0 Å². The fraction of sp³-hybridized carbons (Fsp3) is 0.571. The van der Waals surface area contributed by atoms with Crippen LogP contribution in [0.1, 0.15) is 89.0 Å². The molecular formula is C42H53ClF3N9O5S. The minimum atomic E-state index is -4.75. The fourth-order valence-electron chi connectivity index (χ4n) is 9.66. The highest BCUT2D eigenvalue weighted by molar-refractivity contribution is 7.81. The van der Waals surface area contributed by atoms with E-state index in [2.05, 4.69) is 39.4 Å². The number of benzene rings is 2. The number of thiol groups is 1. The summed E-state index contributed by atoms with van der Waals surface area (Å²) >= 11 is 4.77. The first-order valence-corrected chi connectivity index (χ1v) is 21.0. The quantitative estimate of drug-likeness (QED) is 0.178. The molecule has 1 aromatic heterocycles. The van der Waals surface area contributed by atoms with Crippen LogP contribution in [0.3, 0.4) is 0 Å². The third kappa shape index (κ3) is 9.28. The van der Waals surface area contributed by atoms with Gasteiger partial charge in [0.1, 0.15) is 5.50 Å². The molecule has 4 amide bonds.